The molecule has 1 aromatic heterocycles. The van der Waals surface area contributed by atoms with E-state index in [1.54, 1.807) is 18.2 Å². The van der Waals surface area contributed by atoms with Crippen molar-refractivity contribution in [2.75, 3.05) is 20.0 Å². The first-order chi connectivity index (χ1) is 11.9. The molecule has 0 aliphatic carbocycles. The van der Waals surface area contributed by atoms with Gasteiger partial charge < -0.3 is 15.2 Å². The van der Waals surface area contributed by atoms with Crippen LogP contribution >= 0.6 is 0 Å². The molecule has 0 unspecified atom stereocenters. The highest BCUT2D eigenvalue weighted by atomic mass is 16.5. The molecular formula is C18H20N4O3. The molecule has 0 aliphatic rings. The number of carbonyl (C=O) groups excluding carboxylic acids is 1. The summed E-state index contributed by atoms with van der Waals surface area (Å²) in [7, 11) is 3.01. The van der Waals surface area contributed by atoms with E-state index >= 15 is 0 Å². The predicted octanol–water partition coefficient (Wildman–Crippen LogP) is 2.00. The molecule has 25 heavy (non-hydrogen) atoms. The Morgan fingerprint density at radius 2 is 2.08 bits per heavy atom. The van der Waals surface area contributed by atoms with Gasteiger partial charge >= 0.3 is 0 Å². The van der Waals surface area contributed by atoms with Gasteiger partial charge in [0.05, 0.1) is 31.5 Å². The molecule has 2 N–H and O–H groups in total. The molecule has 0 aliphatic heterocycles. The molecule has 0 saturated carbocycles. The van der Waals surface area contributed by atoms with Crippen molar-refractivity contribution in [3.05, 3.63) is 35.5 Å². The highest BCUT2D eigenvalue weighted by molar-refractivity contribution is 6.46. The van der Waals surface area contributed by atoms with Gasteiger partial charge in [0.15, 0.2) is 5.84 Å². The second-order valence-corrected chi connectivity index (χ2v) is 5.44. The molecule has 7 nitrogen and oxygen atoms in total. The Labute approximate surface area is 146 Å². The van der Waals surface area contributed by atoms with E-state index in [0.717, 1.165) is 0 Å². The number of ether oxygens (including phenoxy) is 2. The van der Waals surface area contributed by atoms with Gasteiger partial charge in [0.1, 0.15) is 17.3 Å². The average molecular weight is 340 g/mol. The molecule has 0 radical (unpaired) electrons. The van der Waals surface area contributed by atoms with Gasteiger partial charge in [0.2, 0.25) is 5.78 Å². The molecule has 0 bridgehead atoms. The zero-order valence-electron chi connectivity index (χ0n) is 14.6. The molecule has 0 fully saturated rings. The van der Waals surface area contributed by atoms with Crippen LogP contribution < -0.4 is 15.2 Å². The van der Waals surface area contributed by atoms with Crippen LogP contribution in [0.1, 0.15) is 29.8 Å². The molecule has 0 atom stereocenters. The number of methoxy groups -OCH3 is 2. The monoisotopic (exact) mass is 340 g/mol. The Balaban J connectivity index is 2.58. The van der Waals surface area contributed by atoms with Crippen molar-refractivity contribution >= 4 is 17.4 Å². The van der Waals surface area contributed by atoms with Crippen LogP contribution in [0.15, 0.2) is 29.4 Å². The number of ketones is 1. The zero-order valence-corrected chi connectivity index (χ0v) is 14.6. The maximum absolute atomic E-state index is 13.1. The number of nitrogen functional groups attached to an aromatic ring is 1. The van der Waals surface area contributed by atoms with Gasteiger partial charge in [-0.3, -0.25) is 9.79 Å². The van der Waals surface area contributed by atoms with Gasteiger partial charge in [-0.15, -0.1) is 6.42 Å². The Morgan fingerprint density at radius 1 is 1.36 bits per heavy atom. The number of aromatic nitrogens is 2. The SMILES string of the molecule is C#Cc1cnn(C(=NC(C)C)C(=O)c2ccc(OC)cc2OC)c1N. The first-order valence-corrected chi connectivity index (χ1v) is 7.57. The van der Waals surface area contributed by atoms with Gasteiger partial charge in [-0.1, -0.05) is 5.92 Å². The summed E-state index contributed by atoms with van der Waals surface area (Å²) in [6.07, 6.45) is 6.81. The van der Waals surface area contributed by atoms with Crippen molar-refractivity contribution in [1.82, 2.24) is 9.78 Å². The fourth-order valence-electron chi connectivity index (χ4n) is 2.20. The molecule has 0 saturated heterocycles. The normalized spacial score (nSPS) is 11.3. The highest BCUT2D eigenvalue weighted by Crippen LogP contribution is 2.26. The zero-order chi connectivity index (χ0) is 18.6. The number of carbonyl (C=O) groups is 1. The number of terminal acetylenes is 1. The summed E-state index contributed by atoms with van der Waals surface area (Å²) in [6, 6.07) is 4.75. The lowest BCUT2D eigenvalue weighted by Gasteiger charge is -2.13. The third-order valence-electron chi connectivity index (χ3n) is 3.40. The lowest BCUT2D eigenvalue weighted by atomic mass is 10.1. The lowest BCUT2D eigenvalue weighted by molar-refractivity contribution is 0.105. The van der Waals surface area contributed by atoms with E-state index in [4.69, 9.17) is 21.6 Å². The standard InChI is InChI=1S/C18H20N4O3/c1-6-12-10-20-22(17(12)19)18(21-11(2)3)16(23)14-8-7-13(24-4)9-15(14)25-5/h1,7-11H,19H2,2-5H3. The number of benzene rings is 1. The number of anilines is 1. The summed E-state index contributed by atoms with van der Waals surface area (Å²) in [5.74, 6) is 3.23. The van der Waals surface area contributed by atoms with Crippen LogP contribution in [0.4, 0.5) is 5.82 Å². The summed E-state index contributed by atoms with van der Waals surface area (Å²) in [4.78, 5) is 17.5. The Bertz CT molecular complexity index is 860. The second kappa shape index (κ2) is 7.53. The van der Waals surface area contributed by atoms with Crippen LogP contribution in [0.5, 0.6) is 11.5 Å². The van der Waals surface area contributed by atoms with E-state index in [9.17, 15) is 4.79 Å². The maximum Gasteiger partial charge on any atom is 0.233 e. The third-order valence-corrected chi connectivity index (χ3v) is 3.40. The number of hydrogen-bond acceptors (Lipinski definition) is 6. The predicted molar refractivity (Wildman–Crippen MR) is 96.4 cm³/mol. The average Bonchev–Trinajstić information content (AvgIpc) is 2.98. The summed E-state index contributed by atoms with van der Waals surface area (Å²) in [5, 5.41) is 4.11. The Kier molecular flexibility index (Phi) is 5.45. The Hall–Kier alpha value is -3.27. The summed E-state index contributed by atoms with van der Waals surface area (Å²) in [6.45, 7) is 3.70. The van der Waals surface area contributed by atoms with Gasteiger partial charge in [0, 0.05) is 12.1 Å². The topological polar surface area (TPSA) is 91.7 Å². The van der Waals surface area contributed by atoms with Gasteiger partial charge in [-0.05, 0) is 26.0 Å². The fraction of sp³-hybridized carbons (Fsp3) is 0.278. The lowest BCUT2D eigenvalue weighted by Crippen LogP contribution is -2.27. The number of rotatable bonds is 5. The first-order valence-electron chi connectivity index (χ1n) is 7.57. The van der Waals surface area contributed by atoms with E-state index in [-0.39, 0.29) is 23.5 Å². The minimum atomic E-state index is -0.383. The minimum Gasteiger partial charge on any atom is -0.497 e. The molecule has 130 valence electrons. The van der Waals surface area contributed by atoms with Crippen LogP contribution in [0, 0.1) is 12.3 Å². The van der Waals surface area contributed by atoms with Crippen LogP contribution in [-0.2, 0) is 0 Å². The molecule has 0 amide bonds. The van der Waals surface area contributed by atoms with Crippen molar-refractivity contribution in [3.63, 3.8) is 0 Å². The van der Waals surface area contributed by atoms with E-state index in [1.165, 1.54) is 25.1 Å². The highest BCUT2D eigenvalue weighted by Gasteiger charge is 2.24. The summed E-state index contributed by atoms with van der Waals surface area (Å²) in [5.41, 5.74) is 6.71. The molecule has 0 spiro atoms. The second-order valence-electron chi connectivity index (χ2n) is 5.44. The van der Waals surface area contributed by atoms with Gasteiger partial charge in [0.25, 0.3) is 0 Å². The third kappa shape index (κ3) is 3.63. The van der Waals surface area contributed by atoms with E-state index < -0.39 is 0 Å². The number of nitrogens with zero attached hydrogens (tertiary/aromatic N) is 3. The van der Waals surface area contributed by atoms with Crippen LogP contribution in [0.25, 0.3) is 0 Å². The van der Waals surface area contributed by atoms with Crippen molar-refractivity contribution < 1.29 is 14.3 Å². The van der Waals surface area contributed by atoms with Crippen molar-refractivity contribution in [2.24, 2.45) is 4.99 Å². The molecule has 2 rings (SSSR count). The van der Waals surface area contributed by atoms with Crippen LogP contribution in [0.2, 0.25) is 0 Å². The van der Waals surface area contributed by atoms with Crippen molar-refractivity contribution in [1.29, 1.82) is 0 Å². The summed E-state index contributed by atoms with van der Waals surface area (Å²) < 4.78 is 11.7. The van der Waals surface area contributed by atoms with Gasteiger partial charge in [-0.25, -0.2) is 0 Å². The first kappa shape index (κ1) is 18.1. The van der Waals surface area contributed by atoms with Crippen molar-refractivity contribution in [3.8, 4) is 23.8 Å². The number of nitrogens with two attached hydrogens (primary N) is 1. The maximum atomic E-state index is 13.1. The number of Topliss-reactive ketones (excluding diaryl/α,β-unsaturated/α-hetero) is 1. The fourth-order valence-corrected chi connectivity index (χ4v) is 2.20. The largest absolute Gasteiger partial charge is 0.497 e. The molecular weight excluding hydrogens is 320 g/mol. The Morgan fingerprint density at radius 3 is 2.60 bits per heavy atom. The number of aliphatic imine (C=N–C) groups is 1. The van der Waals surface area contributed by atoms with E-state index in [2.05, 4.69) is 16.0 Å². The van der Waals surface area contributed by atoms with Gasteiger partial charge in [-0.2, -0.15) is 9.78 Å². The minimum absolute atomic E-state index is 0.0671. The van der Waals surface area contributed by atoms with E-state index in [1.807, 2.05) is 13.8 Å². The smallest absolute Gasteiger partial charge is 0.233 e. The summed E-state index contributed by atoms with van der Waals surface area (Å²) >= 11 is 0. The van der Waals surface area contributed by atoms with Crippen molar-refractivity contribution in [2.45, 2.75) is 19.9 Å². The molecule has 7 heteroatoms. The number of hydrogen-bond donors (Lipinski definition) is 1. The molecule has 1 heterocycles. The van der Waals surface area contributed by atoms with Crippen LogP contribution in [0.3, 0.4) is 0 Å². The molecule has 1 aromatic carbocycles. The molecule has 2 aromatic rings. The van der Waals surface area contributed by atoms with E-state index in [0.29, 0.717) is 22.6 Å². The van der Waals surface area contributed by atoms with Crippen LogP contribution in [-0.4, -0.2) is 41.7 Å². The quantitative estimate of drug-likeness (QED) is 0.389.